The molecule has 0 aliphatic heterocycles. The van der Waals surface area contributed by atoms with Crippen molar-refractivity contribution in [2.75, 3.05) is 0 Å². The van der Waals surface area contributed by atoms with Gasteiger partial charge < -0.3 is 34.7 Å². The van der Waals surface area contributed by atoms with E-state index in [0.717, 1.165) is 89.8 Å². The summed E-state index contributed by atoms with van der Waals surface area (Å²) in [5, 5.41) is 0. The third kappa shape index (κ3) is 26.2. The van der Waals surface area contributed by atoms with Crippen LogP contribution in [0, 0.1) is 106 Å². The topological polar surface area (TPSA) is 94.4 Å². The summed E-state index contributed by atoms with van der Waals surface area (Å²) in [5.74, 6) is 0.0545. The number of nitrogens with zero attached hydrogens (tertiary/aromatic N) is 6. The molecule has 0 saturated carbocycles. The predicted molar refractivity (Wildman–Crippen MR) is 450 cm³/mol. The predicted octanol–water partition coefficient (Wildman–Crippen LogP) is 25.2. The Kier molecular flexibility index (Phi) is 35.8. The molecule has 572 valence electrons. The summed E-state index contributed by atoms with van der Waals surface area (Å²) in [7, 11) is 0. The molecule has 0 unspecified atom stereocenters. The zero-order valence-corrected chi connectivity index (χ0v) is 74.6. The molecule has 7 nitrogen and oxygen atoms in total. The molecule has 0 atom stereocenters. The molecule has 0 amide bonds. The molecule has 6 heterocycles. The second kappa shape index (κ2) is 45.2. The molecule has 113 heavy (non-hydrogen) atoms. The van der Waals surface area contributed by atoms with Gasteiger partial charge in [-0.1, -0.05) is 223 Å². The van der Waals surface area contributed by atoms with Crippen LogP contribution in [0.1, 0.15) is 72.9 Å². The molecule has 0 fully saturated rings. The molecule has 11 heteroatoms. The Morgan fingerprint density at radius 1 is 0.274 bits per heavy atom. The zero-order valence-electron chi connectivity index (χ0n) is 65.0. The Morgan fingerprint density at radius 3 is 1.02 bits per heavy atom. The van der Waals surface area contributed by atoms with Crippen LogP contribution in [0.3, 0.4) is 0 Å². The Labute approximate surface area is 722 Å². The first kappa shape index (κ1) is 89.6. The number of hydrogen-bond donors (Lipinski definition) is 0. The van der Waals surface area contributed by atoms with Gasteiger partial charge in [-0.25, -0.2) is 0 Å². The van der Waals surface area contributed by atoms with Gasteiger partial charge in [0.05, 0.1) is 0 Å². The van der Waals surface area contributed by atoms with E-state index < -0.39 is 0 Å². The van der Waals surface area contributed by atoms with Gasteiger partial charge in [-0.15, -0.1) is 206 Å². The minimum atomic E-state index is 0. The second-order valence-corrected chi connectivity index (χ2v) is 26.8. The van der Waals surface area contributed by atoms with E-state index in [1.807, 2.05) is 158 Å². The fraction of sp³-hybridized carbons (Fsp3) is 0.108. The first-order valence-corrected chi connectivity index (χ1v) is 36.4. The van der Waals surface area contributed by atoms with Crippen LogP contribution in [-0.2, 0) is 80.4 Å². The average Bonchev–Trinajstić information content (AvgIpc) is 0.827. The van der Waals surface area contributed by atoms with Crippen molar-refractivity contribution >= 4 is 5.78 Å². The molecular weight excluding hydrogens is 2090 g/mol. The van der Waals surface area contributed by atoms with Crippen molar-refractivity contribution in [1.82, 2.24) is 29.9 Å². The van der Waals surface area contributed by atoms with E-state index in [-0.39, 0.29) is 86.2 Å². The van der Waals surface area contributed by atoms with Gasteiger partial charge in [0.1, 0.15) is 5.78 Å². The first-order valence-electron chi connectivity index (χ1n) is 36.4. The smallest absolute Gasteiger partial charge is 0.119 e. The maximum absolute atomic E-state index is 11.1. The van der Waals surface area contributed by atoms with Crippen LogP contribution in [0.5, 0.6) is 0 Å². The first-order chi connectivity index (χ1) is 53.0. The van der Waals surface area contributed by atoms with Crippen LogP contribution in [0.2, 0.25) is 0 Å². The SMILES string of the molecule is CC(=O)c1c[c-]c(-c2ccccn2)cc1.Cc1[c-]c(-c2cc(C)c(-c3ccccc3)cn2)cc(C)c1.Cc1[c-]c(-c2cc(C)c(-c3ccccc3)cn2)cc(C)c1.Cc1[c-]c(-c2ccc(-c3ccccc3)cn2)cc(C)c1.Cc1cc(-c2[c-]cccc2)ncc1-c1ccccc1.Cc1cccnc1-c1[c-]cccc1.[Ir].[Ir].[Ir].[Ir]. The summed E-state index contributed by atoms with van der Waals surface area (Å²) < 4.78 is 0. The maximum atomic E-state index is 11.1. The molecular formula is C102H86Ir4N6O-6. The summed E-state index contributed by atoms with van der Waals surface area (Å²) in [6.07, 6.45) is 11.3. The quantitative estimate of drug-likeness (QED) is 0.0940. The van der Waals surface area contributed by atoms with Gasteiger partial charge in [0.2, 0.25) is 0 Å². The standard InChI is InChI=1S/2C20H18N.C19H16N.C18H14N.C13H10NO.C12H10N.4Ir/c2*1-14-9-15(2)11-18(10-14)20-12-16(3)19(13-21-20)17-7-5-4-6-8-17;1-14-10-15(2)12-18(11-14)19-9-8-17(13-20-19)16-6-4-3-5-7-16;1-14-12-18(16-10-6-3-7-11-16)19-13-17(14)15-8-4-2-5-9-15;1-10(15)11-5-7-12(8-6-11)13-4-2-3-9-14-13;1-10-6-5-9-13-12(10)11-7-3-2-4-8-11;;;;/h2*4-10,12-13H,1-3H3;3-11,13H,1-2H3;2-10,12-13H,1H3;2-7,9H,1H3;2-7,9H,1H3;;;;/q6*-1;;;;. The summed E-state index contributed by atoms with van der Waals surface area (Å²) in [6.45, 7) is 22.5. The van der Waals surface area contributed by atoms with Crippen molar-refractivity contribution in [2.45, 2.75) is 76.2 Å². The summed E-state index contributed by atoms with van der Waals surface area (Å²) >= 11 is 0. The number of rotatable bonds is 11. The summed E-state index contributed by atoms with van der Waals surface area (Å²) in [6, 6.07) is 115. The number of aromatic nitrogens is 6. The van der Waals surface area contributed by atoms with E-state index in [1.165, 1.54) is 77.9 Å². The third-order valence-electron chi connectivity index (χ3n) is 17.8. The van der Waals surface area contributed by atoms with Crippen molar-refractivity contribution in [3.05, 3.63) is 420 Å². The minimum Gasteiger partial charge on any atom is -0.306 e. The van der Waals surface area contributed by atoms with Gasteiger partial charge in [0, 0.05) is 134 Å². The number of aryl methyl sites for hydroxylation is 10. The van der Waals surface area contributed by atoms with Crippen molar-refractivity contribution in [3.63, 3.8) is 0 Å². The van der Waals surface area contributed by atoms with E-state index in [2.05, 4.69) is 281 Å². The normalized spacial score (nSPS) is 10.0. The van der Waals surface area contributed by atoms with Gasteiger partial charge >= 0.3 is 0 Å². The number of ketones is 1. The molecule has 0 aliphatic carbocycles. The van der Waals surface area contributed by atoms with Crippen LogP contribution in [-0.4, -0.2) is 35.7 Å². The van der Waals surface area contributed by atoms with Crippen LogP contribution in [0.15, 0.2) is 322 Å². The largest absolute Gasteiger partial charge is 0.306 e. The van der Waals surface area contributed by atoms with Crippen LogP contribution >= 0.6 is 0 Å². The van der Waals surface area contributed by atoms with Gasteiger partial charge in [0.25, 0.3) is 0 Å². The fourth-order valence-corrected chi connectivity index (χ4v) is 12.5. The summed E-state index contributed by atoms with van der Waals surface area (Å²) in [4.78, 5) is 38.0. The molecule has 6 aromatic heterocycles. The molecule has 0 N–H and O–H groups in total. The molecule has 10 aromatic carbocycles. The van der Waals surface area contributed by atoms with Gasteiger partial charge in [-0.05, 0) is 125 Å². The molecule has 4 radical (unpaired) electrons. The van der Waals surface area contributed by atoms with Crippen LogP contribution in [0.25, 0.3) is 112 Å². The Hall–Kier alpha value is -10.6. The van der Waals surface area contributed by atoms with Crippen LogP contribution < -0.4 is 0 Å². The second-order valence-electron chi connectivity index (χ2n) is 26.8. The number of hydrogen-bond acceptors (Lipinski definition) is 7. The number of pyridine rings is 6. The van der Waals surface area contributed by atoms with E-state index in [0.29, 0.717) is 5.56 Å². The van der Waals surface area contributed by atoms with E-state index in [9.17, 15) is 4.79 Å². The van der Waals surface area contributed by atoms with E-state index in [1.54, 1.807) is 25.3 Å². The van der Waals surface area contributed by atoms with Gasteiger partial charge in [-0.3, -0.25) is 0 Å². The van der Waals surface area contributed by atoms with Crippen molar-refractivity contribution in [3.8, 4) is 112 Å². The molecule has 0 aliphatic rings. The van der Waals surface area contributed by atoms with Crippen molar-refractivity contribution in [2.24, 2.45) is 0 Å². The van der Waals surface area contributed by atoms with Gasteiger partial charge in [0.15, 0.2) is 0 Å². The van der Waals surface area contributed by atoms with Crippen molar-refractivity contribution < 1.29 is 85.2 Å². The fourth-order valence-electron chi connectivity index (χ4n) is 12.5. The molecule has 0 saturated heterocycles. The number of carbonyl (C=O) groups is 1. The van der Waals surface area contributed by atoms with E-state index in [4.69, 9.17) is 0 Å². The van der Waals surface area contributed by atoms with Crippen LogP contribution in [0.4, 0.5) is 0 Å². The Morgan fingerprint density at radius 2 is 0.655 bits per heavy atom. The van der Waals surface area contributed by atoms with E-state index >= 15 is 0 Å². The Bertz CT molecular complexity index is 5410. The third-order valence-corrected chi connectivity index (χ3v) is 17.8. The average molecular weight is 2180 g/mol. The van der Waals surface area contributed by atoms with Gasteiger partial charge in [-0.2, -0.15) is 0 Å². The molecule has 16 aromatic rings. The maximum Gasteiger partial charge on any atom is 0.119 e. The number of benzene rings is 10. The number of Topliss-reactive ketones (excluding diaryl/α,β-unsaturated/α-hetero) is 1. The molecule has 0 bridgehead atoms. The number of carbonyl (C=O) groups excluding carboxylic acids is 1. The Balaban J connectivity index is 0.000000188. The molecule has 16 rings (SSSR count). The monoisotopic (exact) mass is 2180 g/mol. The van der Waals surface area contributed by atoms with Crippen molar-refractivity contribution in [1.29, 1.82) is 0 Å². The minimum absolute atomic E-state index is 0. The molecule has 0 spiro atoms. The summed E-state index contributed by atoms with van der Waals surface area (Å²) in [5.41, 5.74) is 34.2. The zero-order chi connectivity index (χ0) is 76.4.